The van der Waals surface area contributed by atoms with Gasteiger partial charge in [0.25, 0.3) is 0 Å². The Morgan fingerprint density at radius 1 is 1.04 bits per heavy atom. The van der Waals surface area contributed by atoms with Crippen LogP contribution in [0.5, 0.6) is 5.75 Å². The Morgan fingerprint density at radius 3 is 2.33 bits per heavy atom. The Hall–Kier alpha value is -1.14. The van der Waals surface area contributed by atoms with Crippen molar-refractivity contribution in [2.24, 2.45) is 5.92 Å². The number of aliphatic hydroxyl groups excluding tert-OH is 1. The average Bonchev–Trinajstić information content (AvgIpc) is 2.55. The summed E-state index contributed by atoms with van der Waals surface area (Å²) in [6, 6.07) is 8.28. The molecule has 5 heteroatoms. The van der Waals surface area contributed by atoms with Gasteiger partial charge in [-0.2, -0.15) is 0 Å². The molecule has 0 saturated heterocycles. The standard InChI is InChI=1S/C19H33NO4/c1-15(2)20-11-18(12-21)14-24-19-7-5-17(6-8-19)13-22-9-10-23-16(3)4/h5-8,15-16,18,20-21H,9-14H2,1-4H3. The van der Waals surface area contributed by atoms with E-state index in [1.165, 1.54) is 0 Å². The number of aliphatic hydroxyl groups is 1. The molecular formula is C19H33NO4. The zero-order chi connectivity index (χ0) is 17.8. The Morgan fingerprint density at radius 2 is 1.75 bits per heavy atom. The summed E-state index contributed by atoms with van der Waals surface area (Å²) < 4.78 is 16.8. The van der Waals surface area contributed by atoms with Crippen LogP contribution >= 0.6 is 0 Å². The normalized spacial score (nSPS) is 12.8. The maximum Gasteiger partial charge on any atom is 0.119 e. The van der Waals surface area contributed by atoms with Crippen LogP contribution in [0.1, 0.15) is 33.3 Å². The minimum Gasteiger partial charge on any atom is -0.493 e. The number of nitrogens with one attached hydrogen (secondary N) is 1. The second-order valence-electron chi connectivity index (χ2n) is 6.54. The molecule has 0 saturated carbocycles. The summed E-state index contributed by atoms with van der Waals surface area (Å²) in [6.07, 6.45) is 0.239. The molecule has 0 bridgehead atoms. The predicted octanol–water partition coefficient (Wildman–Crippen LogP) is 2.61. The summed E-state index contributed by atoms with van der Waals surface area (Å²) in [5.41, 5.74) is 1.10. The molecule has 138 valence electrons. The van der Waals surface area contributed by atoms with Crippen molar-refractivity contribution in [2.75, 3.05) is 33.0 Å². The first-order chi connectivity index (χ1) is 11.5. The predicted molar refractivity (Wildman–Crippen MR) is 96.4 cm³/mol. The molecule has 0 aromatic heterocycles. The molecule has 0 radical (unpaired) electrons. The fraction of sp³-hybridized carbons (Fsp3) is 0.684. The van der Waals surface area contributed by atoms with E-state index in [4.69, 9.17) is 14.2 Å². The SMILES string of the molecule is CC(C)NCC(CO)COc1ccc(COCCOC(C)C)cc1. The van der Waals surface area contributed by atoms with Gasteiger partial charge in [-0.3, -0.25) is 0 Å². The van der Waals surface area contributed by atoms with E-state index < -0.39 is 0 Å². The van der Waals surface area contributed by atoms with Crippen molar-refractivity contribution in [3.8, 4) is 5.75 Å². The molecule has 1 atom stereocenters. The lowest BCUT2D eigenvalue weighted by Crippen LogP contribution is -2.33. The summed E-state index contributed by atoms with van der Waals surface area (Å²) in [7, 11) is 0. The molecule has 5 nitrogen and oxygen atoms in total. The fourth-order valence-electron chi connectivity index (χ4n) is 2.01. The Labute approximate surface area is 146 Å². The summed E-state index contributed by atoms with van der Waals surface area (Å²) in [5, 5.41) is 12.7. The molecule has 0 spiro atoms. The highest BCUT2D eigenvalue weighted by Crippen LogP contribution is 2.14. The van der Waals surface area contributed by atoms with Crippen LogP contribution in [0.2, 0.25) is 0 Å². The third kappa shape index (κ3) is 9.88. The first-order valence-electron chi connectivity index (χ1n) is 8.76. The van der Waals surface area contributed by atoms with Crippen LogP contribution in [0.25, 0.3) is 0 Å². The lowest BCUT2D eigenvalue weighted by atomic mass is 10.1. The largest absolute Gasteiger partial charge is 0.493 e. The van der Waals surface area contributed by atoms with Gasteiger partial charge >= 0.3 is 0 Å². The molecule has 0 aliphatic rings. The van der Waals surface area contributed by atoms with Crippen molar-refractivity contribution in [2.45, 2.75) is 46.4 Å². The average molecular weight is 339 g/mol. The smallest absolute Gasteiger partial charge is 0.119 e. The molecular weight excluding hydrogens is 306 g/mol. The number of hydrogen-bond donors (Lipinski definition) is 2. The zero-order valence-corrected chi connectivity index (χ0v) is 15.5. The molecule has 24 heavy (non-hydrogen) atoms. The third-order valence-electron chi connectivity index (χ3n) is 3.43. The van der Waals surface area contributed by atoms with E-state index in [0.29, 0.717) is 32.5 Å². The van der Waals surface area contributed by atoms with E-state index in [-0.39, 0.29) is 18.6 Å². The van der Waals surface area contributed by atoms with Crippen molar-refractivity contribution < 1.29 is 19.3 Å². The highest BCUT2D eigenvalue weighted by Gasteiger charge is 2.09. The lowest BCUT2D eigenvalue weighted by Gasteiger charge is -2.17. The molecule has 0 fully saturated rings. The van der Waals surface area contributed by atoms with Crippen LogP contribution in [0.15, 0.2) is 24.3 Å². The molecule has 1 aromatic carbocycles. The van der Waals surface area contributed by atoms with Crippen LogP contribution < -0.4 is 10.1 Å². The van der Waals surface area contributed by atoms with E-state index in [0.717, 1.165) is 17.9 Å². The van der Waals surface area contributed by atoms with Crippen molar-refractivity contribution in [3.05, 3.63) is 29.8 Å². The number of ether oxygens (including phenoxy) is 3. The van der Waals surface area contributed by atoms with Gasteiger partial charge in [-0.15, -0.1) is 0 Å². The highest BCUT2D eigenvalue weighted by molar-refractivity contribution is 5.26. The van der Waals surface area contributed by atoms with Gasteiger partial charge in [-0.25, -0.2) is 0 Å². The van der Waals surface area contributed by atoms with E-state index in [9.17, 15) is 5.11 Å². The van der Waals surface area contributed by atoms with Crippen molar-refractivity contribution >= 4 is 0 Å². The summed E-state index contributed by atoms with van der Waals surface area (Å²) >= 11 is 0. The molecule has 2 N–H and O–H groups in total. The maximum absolute atomic E-state index is 9.39. The summed E-state index contributed by atoms with van der Waals surface area (Å²) in [4.78, 5) is 0. The molecule has 1 unspecified atom stereocenters. The lowest BCUT2D eigenvalue weighted by molar-refractivity contribution is 0.0143. The van der Waals surface area contributed by atoms with Gasteiger partial charge in [0.2, 0.25) is 0 Å². The Balaban J connectivity index is 2.26. The van der Waals surface area contributed by atoms with E-state index in [2.05, 4.69) is 19.2 Å². The van der Waals surface area contributed by atoms with Gasteiger partial charge in [0.05, 0.1) is 39.1 Å². The maximum atomic E-state index is 9.39. The zero-order valence-electron chi connectivity index (χ0n) is 15.5. The van der Waals surface area contributed by atoms with Crippen LogP contribution in [0.4, 0.5) is 0 Å². The van der Waals surface area contributed by atoms with Crippen LogP contribution in [0, 0.1) is 5.92 Å². The number of benzene rings is 1. The summed E-state index contributed by atoms with van der Waals surface area (Å²) in [5.74, 6) is 0.904. The van der Waals surface area contributed by atoms with Crippen molar-refractivity contribution in [1.29, 1.82) is 0 Å². The molecule has 1 rings (SSSR count). The first-order valence-corrected chi connectivity index (χ1v) is 8.76. The van der Waals surface area contributed by atoms with E-state index in [1.54, 1.807) is 0 Å². The Kier molecular flexibility index (Phi) is 10.7. The Bertz CT molecular complexity index is 420. The monoisotopic (exact) mass is 339 g/mol. The second-order valence-corrected chi connectivity index (χ2v) is 6.54. The van der Waals surface area contributed by atoms with Crippen LogP contribution in [-0.2, 0) is 16.1 Å². The van der Waals surface area contributed by atoms with Crippen molar-refractivity contribution in [1.82, 2.24) is 5.32 Å². The number of rotatable bonds is 13. The molecule has 0 heterocycles. The third-order valence-corrected chi connectivity index (χ3v) is 3.43. The van der Waals surface area contributed by atoms with Crippen molar-refractivity contribution in [3.63, 3.8) is 0 Å². The second kappa shape index (κ2) is 12.3. The quantitative estimate of drug-likeness (QED) is 0.541. The molecule has 0 aliphatic carbocycles. The van der Waals surface area contributed by atoms with E-state index in [1.807, 2.05) is 38.1 Å². The van der Waals surface area contributed by atoms with Crippen LogP contribution in [0.3, 0.4) is 0 Å². The minimum atomic E-state index is 0.0939. The van der Waals surface area contributed by atoms with Gasteiger partial charge in [-0.05, 0) is 31.5 Å². The molecule has 0 amide bonds. The van der Waals surface area contributed by atoms with Gasteiger partial charge in [0, 0.05) is 18.5 Å². The summed E-state index contributed by atoms with van der Waals surface area (Å²) in [6.45, 7) is 11.3. The van der Waals surface area contributed by atoms with E-state index >= 15 is 0 Å². The highest BCUT2D eigenvalue weighted by atomic mass is 16.5. The molecule has 1 aromatic rings. The number of hydrogen-bond acceptors (Lipinski definition) is 5. The first kappa shape index (κ1) is 20.9. The minimum absolute atomic E-state index is 0.0939. The van der Waals surface area contributed by atoms with Crippen LogP contribution in [-0.4, -0.2) is 50.2 Å². The fourth-order valence-corrected chi connectivity index (χ4v) is 2.01. The van der Waals surface area contributed by atoms with Gasteiger partial charge < -0.3 is 24.6 Å². The van der Waals surface area contributed by atoms with Gasteiger partial charge in [-0.1, -0.05) is 26.0 Å². The van der Waals surface area contributed by atoms with Gasteiger partial charge in [0.1, 0.15) is 5.75 Å². The van der Waals surface area contributed by atoms with Gasteiger partial charge in [0.15, 0.2) is 0 Å². The topological polar surface area (TPSA) is 60.0 Å². The molecule has 0 aliphatic heterocycles.